The number of hydrogen-bond donors (Lipinski definition) is 1. The molecule has 0 saturated carbocycles. The number of benzene rings is 2. The van der Waals surface area contributed by atoms with Crippen molar-refractivity contribution in [2.45, 2.75) is 5.22 Å². The van der Waals surface area contributed by atoms with Crippen molar-refractivity contribution >= 4 is 63.3 Å². The highest BCUT2D eigenvalue weighted by Crippen LogP contribution is 2.28. The Kier molecular flexibility index (Phi) is 5.12. The lowest BCUT2D eigenvalue weighted by atomic mass is 10.3. The predicted octanol–water partition coefficient (Wildman–Crippen LogP) is 4.77. The van der Waals surface area contributed by atoms with Gasteiger partial charge in [0.15, 0.2) is 5.58 Å². The van der Waals surface area contributed by atoms with E-state index in [0.29, 0.717) is 21.3 Å². The summed E-state index contributed by atoms with van der Waals surface area (Å²) in [5, 5.41) is 14.3. The molecule has 1 N–H and O–H groups in total. The molecular formula is C15H9Cl2N3O4S. The van der Waals surface area contributed by atoms with E-state index in [2.05, 4.69) is 10.3 Å². The Bertz CT molecular complexity index is 977. The van der Waals surface area contributed by atoms with Gasteiger partial charge in [-0.15, -0.1) is 0 Å². The molecule has 0 atom stereocenters. The Labute approximate surface area is 155 Å². The average molecular weight is 398 g/mol. The Morgan fingerprint density at radius 2 is 2.08 bits per heavy atom. The normalized spacial score (nSPS) is 10.8. The number of oxazole rings is 1. The number of carbonyl (C=O) groups excluding carboxylic acids is 1. The summed E-state index contributed by atoms with van der Waals surface area (Å²) >= 11 is 12.7. The van der Waals surface area contributed by atoms with Gasteiger partial charge in [-0.25, -0.2) is 4.98 Å². The fourth-order valence-corrected chi connectivity index (χ4v) is 2.99. The third-order valence-electron chi connectivity index (χ3n) is 3.08. The van der Waals surface area contributed by atoms with E-state index in [1.165, 1.54) is 18.2 Å². The quantitative estimate of drug-likeness (QED) is 0.378. The van der Waals surface area contributed by atoms with Crippen molar-refractivity contribution in [1.29, 1.82) is 0 Å². The number of nitro benzene ring substituents is 1. The summed E-state index contributed by atoms with van der Waals surface area (Å²) in [6.45, 7) is 0. The van der Waals surface area contributed by atoms with Gasteiger partial charge in [0, 0.05) is 16.8 Å². The largest absolute Gasteiger partial charge is 0.431 e. The zero-order valence-corrected chi connectivity index (χ0v) is 14.7. The van der Waals surface area contributed by atoms with Crippen molar-refractivity contribution in [2.75, 3.05) is 11.1 Å². The van der Waals surface area contributed by atoms with Crippen LogP contribution in [0.15, 0.2) is 46.0 Å². The number of nitrogens with one attached hydrogen (secondary N) is 1. The SMILES string of the molecule is O=C(CSc1nc2cc(Cl)ccc2o1)Nc1ccc(Cl)c([N+](=O)[O-])c1. The smallest absolute Gasteiger partial charge is 0.289 e. The van der Waals surface area contributed by atoms with Gasteiger partial charge in [0.2, 0.25) is 5.91 Å². The molecule has 1 amide bonds. The van der Waals surface area contributed by atoms with Crippen LogP contribution >= 0.6 is 35.0 Å². The van der Waals surface area contributed by atoms with Gasteiger partial charge in [-0.1, -0.05) is 35.0 Å². The summed E-state index contributed by atoms with van der Waals surface area (Å²) in [7, 11) is 0. The first-order chi connectivity index (χ1) is 11.9. The van der Waals surface area contributed by atoms with Crippen LogP contribution in [-0.4, -0.2) is 21.6 Å². The number of carbonyl (C=O) groups is 1. The molecule has 1 aromatic heterocycles. The van der Waals surface area contributed by atoms with E-state index in [9.17, 15) is 14.9 Å². The number of nitro groups is 1. The third-order valence-corrected chi connectivity index (χ3v) is 4.47. The van der Waals surface area contributed by atoms with Crippen molar-refractivity contribution in [3.8, 4) is 0 Å². The maximum atomic E-state index is 12.0. The van der Waals surface area contributed by atoms with Gasteiger partial charge in [-0.3, -0.25) is 14.9 Å². The summed E-state index contributed by atoms with van der Waals surface area (Å²) in [6, 6.07) is 9.08. The number of aromatic nitrogens is 1. The predicted molar refractivity (Wildman–Crippen MR) is 96.5 cm³/mol. The van der Waals surface area contributed by atoms with Crippen molar-refractivity contribution < 1.29 is 14.1 Å². The second-order valence-corrected chi connectivity index (χ2v) is 6.62. The molecule has 1 heterocycles. The van der Waals surface area contributed by atoms with Crippen LogP contribution in [0, 0.1) is 10.1 Å². The van der Waals surface area contributed by atoms with Gasteiger partial charge in [-0.05, 0) is 30.3 Å². The number of amides is 1. The number of rotatable bonds is 5. The highest BCUT2D eigenvalue weighted by atomic mass is 35.5. The topological polar surface area (TPSA) is 98.3 Å². The molecule has 0 radical (unpaired) electrons. The fourth-order valence-electron chi connectivity index (χ4n) is 2.00. The lowest BCUT2D eigenvalue weighted by Crippen LogP contribution is -2.14. The zero-order chi connectivity index (χ0) is 18.0. The molecule has 0 saturated heterocycles. The first kappa shape index (κ1) is 17.5. The minimum Gasteiger partial charge on any atom is -0.431 e. The second kappa shape index (κ2) is 7.30. The molecule has 10 heteroatoms. The van der Waals surface area contributed by atoms with Crippen LogP contribution in [0.1, 0.15) is 0 Å². The van der Waals surface area contributed by atoms with Crippen LogP contribution in [0.25, 0.3) is 11.1 Å². The first-order valence-corrected chi connectivity index (χ1v) is 8.59. The minimum atomic E-state index is -0.615. The summed E-state index contributed by atoms with van der Waals surface area (Å²) in [5.41, 5.74) is 1.18. The molecule has 0 aliphatic carbocycles. The third kappa shape index (κ3) is 4.22. The van der Waals surface area contributed by atoms with E-state index in [-0.39, 0.29) is 28.1 Å². The number of anilines is 1. The first-order valence-electron chi connectivity index (χ1n) is 6.85. The van der Waals surface area contributed by atoms with E-state index >= 15 is 0 Å². The Morgan fingerprint density at radius 3 is 2.84 bits per heavy atom. The van der Waals surface area contributed by atoms with Crippen LogP contribution in [0.5, 0.6) is 0 Å². The molecular weight excluding hydrogens is 389 g/mol. The molecule has 25 heavy (non-hydrogen) atoms. The van der Waals surface area contributed by atoms with Crippen LogP contribution in [-0.2, 0) is 4.79 Å². The van der Waals surface area contributed by atoms with Crippen LogP contribution < -0.4 is 5.32 Å². The molecule has 0 spiro atoms. The standard InChI is InChI=1S/C15H9Cl2N3O4S/c16-8-1-4-13-11(5-8)19-15(24-13)25-7-14(21)18-9-2-3-10(17)12(6-9)20(22)23/h1-6H,7H2,(H,18,21). The average Bonchev–Trinajstić information content (AvgIpc) is 2.96. The summed E-state index contributed by atoms with van der Waals surface area (Å²) < 4.78 is 5.50. The Hall–Kier alpha value is -2.29. The summed E-state index contributed by atoms with van der Waals surface area (Å²) in [6.07, 6.45) is 0. The monoisotopic (exact) mass is 397 g/mol. The Morgan fingerprint density at radius 1 is 1.28 bits per heavy atom. The van der Waals surface area contributed by atoms with Crippen LogP contribution in [0.4, 0.5) is 11.4 Å². The highest BCUT2D eigenvalue weighted by Gasteiger charge is 2.15. The number of halogens is 2. The minimum absolute atomic E-state index is 0.00232. The molecule has 0 aliphatic rings. The number of nitrogens with zero attached hydrogens (tertiary/aromatic N) is 2. The molecule has 128 valence electrons. The molecule has 3 rings (SSSR count). The van der Waals surface area contributed by atoms with Gasteiger partial charge < -0.3 is 9.73 Å². The second-order valence-electron chi connectivity index (χ2n) is 4.85. The molecule has 3 aromatic rings. The van der Waals surface area contributed by atoms with Crippen LogP contribution in [0.3, 0.4) is 0 Å². The van der Waals surface area contributed by atoms with Gasteiger partial charge in [0.25, 0.3) is 10.9 Å². The van der Waals surface area contributed by atoms with E-state index in [4.69, 9.17) is 27.6 Å². The molecule has 0 fully saturated rings. The number of hydrogen-bond acceptors (Lipinski definition) is 6. The Balaban J connectivity index is 1.64. The highest BCUT2D eigenvalue weighted by molar-refractivity contribution is 7.99. The molecule has 2 aromatic carbocycles. The van der Waals surface area contributed by atoms with E-state index in [1.807, 2.05) is 0 Å². The lowest BCUT2D eigenvalue weighted by Gasteiger charge is -2.04. The van der Waals surface area contributed by atoms with Gasteiger partial charge >= 0.3 is 0 Å². The van der Waals surface area contributed by atoms with Crippen molar-refractivity contribution in [3.63, 3.8) is 0 Å². The summed E-state index contributed by atoms with van der Waals surface area (Å²) in [4.78, 5) is 26.5. The van der Waals surface area contributed by atoms with Gasteiger partial charge in [0.05, 0.1) is 10.7 Å². The van der Waals surface area contributed by atoms with E-state index in [1.54, 1.807) is 18.2 Å². The van der Waals surface area contributed by atoms with Crippen molar-refractivity contribution in [1.82, 2.24) is 4.98 Å². The maximum absolute atomic E-state index is 12.0. The number of fused-ring (bicyclic) bond motifs is 1. The van der Waals surface area contributed by atoms with Crippen LogP contribution in [0.2, 0.25) is 10.0 Å². The lowest BCUT2D eigenvalue weighted by molar-refractivity contribution is -0.384. The zero-order valence-electron chi connectivity index (χ0n) is 12.4. The summed E-state index contributed by atoms with van der Waals surface area (Å²) in [5.74, 6) is -0.335. The molecule has 7 nitrogen and oxygen atoms in total. The van der Waals surface area contributed by atoms with Gasteiger partial charge in [0.1, 0.15) is 10.5 Å². The fraction of sp³-hybridized carbons (Fsp3) is 0.0667. The van der Waals surface area contributed by atoms with Crippen molar-refractivity contribution in [2.24, 2.45) is 0 Å². The molecule has 0 bridgehead atoms. The van der Waals surface area contributed by atoms with E-state index in [0.717, 1.165) is 11.8 Å². The maximum Gasteiger partial charge on any atom is 0.289 e. The van der Waals surface area contributed by atoms with Crippen molar-refractivity contribution in [3.05, 3.63) is 56.6 Å². The van der Waals surface area contributed by atoms with Gasteiger partial charge in [-0.2, -0.15) is 0 Å². The van der Waals surface area contributed by atoms with E-state index < -0.39 is 4.92 Å². The molecule has 0 aliphatic heterocycles. The molecule has 0 unspecified atom stereocenters. The number of thioether (sulfide) groups is 1.